The van der Waals surface area contributed by atoms with Crippen molar-refractivity contribution in [1.29, 1.82) is 0 Å². The second kappa shape index (κ2) is 8.55. The van der Waals surface area contributed by atoms with Crippen molar-refractivity contribution < 1.29 is 4.79 Å². The fourth-order valence-corrected chi connectivity index (χ4v) is 3.94. The molecule has 0 aliphatic carbocycles. The Bertz CT molecular complexity index is 386. The zero-order valence-corrected chi connectivity index (χ0v) is 14.2. The van der Waals surface area contributed by atoms with Gasteiger partial charge in [-0.1, -0.05) is 19.8 Å². The lowest BCUT2D eigenvalue weighted by Crippen LogP contribution is -2.45. The molecule has 0 spiro atoms. The molecular weight excluding hydrogens is 274 g/mol. The van der Waals surface area contributed by atoms with Crippen LogP contribution in [0.3, 0.4) is 0 Å². The predicted octanol–water partition coefficient (Wildman–Crippen LogP) is 1.43. The number of carbonyl (C=O) groups excluding carboxylic acids is 1. The van der Waals surface area contributed by atoms with E-state index in [4.69, 9.17) is 6.42 Å². The third-order valence-corrected chi connectivity index (χ3v) is 4.95. The summed E-state index contributed by atoms with van der Waals surface area (Å²) < 4.78 is 0. The molecule has 0 saturated carbocycles. The highest BCUT2D eigenvalue weighted by molar-refractivity contribution is 5.78. The molecule has 124 valence electrons. The number of nitrogens with one attached hydrogen (secondary N) is 1. The van der Waals surface area contributed by atoms with Gasteiger partial charge in [-0.2, -0.15) is 0 Å². The minimum absolute atomic E-state index is 0.174. The molecule has 2 atom stereocenters. The van der Waals surface area contributed by atoms with Gasteiger partial charge in [-0.15, -0.1) is 6.42 Å². The molecule has 0 aromatic heterocycles. The molecule has 0 aromatic carbocycles. The van der Waals surface area contributed by atoms with Crippen molar-refractivity contribution in [3.63, 3.8) is 0 Å². The van der Waals surface area contributed by atoms with E-state index in [1.807, 2.05) is 0 Å². The van der Waals surface area contributed by atoms with Crippen molar-refractivity contribution in [2.75, 3.05) is 45.8 Å². The van der Waals surface area contributed by atoms with Gasteiger partial charge in [0.25, 0.3) is 0 Å². The average molecular weight is 305 g/mol. The van der Waals surface area contributed by atoms with Gasteiger partial charge in [0, 0.05) is 32.1 Å². The van der Waals surface area contributed by atoms with Crippen LogP contribution >= 0.6 is 0 Å². The largest absolute Gasteiger partial charge is 0.355 e. The minimum Gasteiger partial charge on any atom is -0.355 e. The lowest BCUT2D eigenvalue weighted by molar-refractivity contribution is -0.126. The zero-order chi connectivity index (χ0) is 15.9. The number of terminal acetylenes is 1. The molecule has 2 rings (SSSR count). The Morgan fingerprint density at radius 1 is 1.18 bits per heavy atom. The van der Waals surface area contributed by atoms with Gasteiger partial charge >= 0.3 is 0 Å². The molecule has 2 fully saturated rings. The molecule has 2 heterocycles. The molecule has 22 heavy (non-hydrogen) atoms. The van der Waals surface area contributed by atoms with Gasteiger partial charge in [-0.25, -0.2) is 0 Å². The maximum atomic E-state index is 12.2. The predicted molar refractivity (Wildman–Crippen MR) is 90.4 cm³/mol. The summed E-state index contributed by atoms with van der Waals surface area (Å²) >= 11 is 0. The number of rotatable bonds is 5. The van der Waals surface area contributed by atoms with E-state index in [2.05, 4.69) is 34.9 Å². The fraction of sp³-hybridized carbons (Fsp3) is 0.833. The van der Waals surface area contributed by atoms with Crippen LogP contribution in [0.25, 0.3) is 0 Å². The fourth-order valence-electron chi connectivity index (χ4n) is 3.94. The van der Waals surface area contributed by atoms with E-state index in [0.717, 1.165) is 50.9 Å². The Hall–Kier alpha value is -1.05. The van der Waals surface area contributed by atoms with Crippen LogP contribution in [-0.4, -0.2) is 61.5 Å². The standard InChI is InChI=1S/C18H31N3O/c1-4-8-20-9-5-17(6-10-20)18(22)19-7-11-21-13-15(2)12-16(3)14-21/h1,15-17H,5-14H2,2-3H3,(H,19,22)/t15-,16-/m0/s1. The summed E-state index contributed by atoms with van der Waals surface area (Å²) in [6.45, 7) is 11.4. The first kappa shape index (κ1) is 17.3. The quantitative estimate of drug-likeness (QED) is 0.781. The molecule has 0 radical (unpaired) electrons. The number of carbonyl (C=O) groups is 1. The summed E-state index contributed by atoms with van der Waals surface area (Å²) in [4.78, 5) is 17.0. The van der Waals surface area contributed by atoms with Crippen LogP contribution in [0.2, 0.25) is 0 Å². The summed E-state index contributed by atoms with van der Waals surface area (Å²) in [6.07, 6.45) is 8.54. The molecule has 2 saturated heterocycles. The first-order valence-corrected chi connectivity index (χ1v) is 8.74. The summed E-state index contributed by atoms with van der Waals surface area (Å²) in [7, 11) is 0. The first-order chi connectivity index (χ1) is 10.6. The van der Waals surface area contributed by atoms with Gasteiger partial charge in [-0.05, 0) is 44.2 Å². The summed E-state index contributed by atoms with van der Waals surface area (Å²) in [5.74, 6) is 4.64. The number of likely N-dealkylation sites (tertiary alicyclic amines) is 2. The van der Waals surface area contributed by atoms with Gasteiger partial charge in [0.1, 0.15) is 0 Å². The second-order valence-electron chi connectivity index (χ2n) is 7.25. The van der Waals surface area contributed by atoms with Crippen molar-refractivity contribution in [2.24, 2.45) is 17.8 Å². The van der Waals surface area contributed by atoms with Gasteiger partial charge in [-0.3, -0.25) is 9.69 Å². The van der Waals surface area contributed by atoms with E-state index in [9.17, 15) is 4.79 Å². The summed E-state index contributed by atoms with van der Waals surface area (Å²) in [5, 5.41) is 3.14. The number of amides is 1. The van der Waals surface area contributed by atoms with Crippen LogP contribution in [0.4, 0.5) is 0 Å². The SMILES string of the molecule is C#CCN1CCC(C(=O)NCCN2C[C@@H](C)C[C@H](C)C2)CC1. The molecule has 1 N–H and O–H groups in total. The van der Waals surface area contributed by atoms with E-state index in [-0.39, 0.29) is 11.8 Å². The molecule has 4 nitrogen and oxygen atoms in total. The minimum atomic E-state index is 0.174. The first-order valence-electron chi connectivity index (χ1n) is 8.74. The molecule has 0 bridgehead atoms. The Kier molecular flexibility index (Phi) is 6.72. The highest BCUT2D eigenvalue weighted by Crippen LogP contribution is 2.20. The van der Waals surface area contributed by atoms with E-state index in [1.165, 1.54) is 19.5 Å². The Morgan fingerprint density at radius 3 is 2.41 bits per heavy atom. The number of hydrogen-bond donors (Lipinski definition) is 1. The topological polar surface area (TPSA) is 35.6 Å². The van der Waals surface area contributed by atoms with Gasteiger partial charge in [0.05, 0.1) is 6.54 Å². The second-order valence-corrected chi connectivity index (χ2v) is 7.25. The van der Waals surface area contributed by atoms with Crippen LogP contribution in [0.5, 0.6) is 0 Å². The molecule has 0 unspecified atom stereocenters. The summed E-state index contributed by atoms with van der Waals surface area (Å²) in [6, 6.07) is 0. The molecule has 1 amide bonds. The third-order valence-electron chi connectivity index (χ3n) is 4.95. The Morgan fingerprint density at radius 2 is 1.82 bits per heavy atom. The van der Waals surface area contributed by atoms with Crippen LogP contribution in [0, 0.1) is 30.1 Å². The number of hydrogen-bond acceptors (Lipinski definition) is 3. The number of piperidine rings is 2. The average Bonchev–Trinajstić information content (AvgIpc) is 2.47. The van der Waals surface area contributed by atoms with Crippen molar-refractivity contribution in [3.8, 4) is 12.3 Å². The third kappa shape index (κ3) is 5.30. The van der Waals surface area contributed by atoms with Crippen molar-refractivity contribution in [1.82, 2.24) is 15.1 Å². The normalized spacial score (nSPS) is 28.2. The van der Waals surface area contributed by atoms with E-state index in [1.54, 1.807) is 0 Å². The molecule has 4 heteroatoms. The maximum absolute atomic E-state index is 12.2. The van der Waals surface area contributed by atoms with E-state index in [0.29, 0.717) is 6.54 Å². The van der Waals surface area contributed by atoms with Crippen molar-refractivity contribution in [3.05, 3.63) is 0 Å². The van der Waals surface area contributed by atoms with Crippen LogP contribution in [-0.2, 0) is 4.79 Å². The van der Waals surface area contributed by atoms with Gasteiger partial charge in [0.2, 0.25) is 5.91 Å². The molecule has 0 aromatic rings. The van der Waals surface area contributed by atoms with Gasteiger partial charge < -0.3 is 10.2 Å². The molecule has 2 aliphatic heterocycles. The van der Waals surface area contributed by atoms with Crippen LogP contribution in [0.1, 0.15) is 33.1 Å². The monoisotopic (exact) mass is 305 g/mol. The highest BCUT2D eigenvalue weighted by atomic mass is 16.1. The Labute approximate surface area is 135 Å². The summed E-state index contributed by atoms with van der Waals surface area (Å²) in [5.41, 5.74) is 0. The lowest BCUT2D eigenvalue weighted by atomic mass is 9.92. The lowest BCUT2D eigenvalue weighted by Gasteiger charge is -2.35. The van der Waals surface area contributed by atoms with Gasteiger partial charge in [0.15, 0.2) is 0 Å². The van der Waals surface area contributed by atoms with Crippen LogP contribution in [0.15, 0.2) is 0 Å². The van der Waals surface area contributed by atoms with Crippen LogP contribution < -0.4 is 5.32 Å². The van der Waals surface area contributed by atoms with Crippen molar-refractivity contribution in [2.45, 2.75) is 33.1 Å². The highest BCUT2D eigenvalue weighted by Gasteiger charge is 2.25. The maximum Gasteiger partial charge on any atom is 0.223 e. The van der Waals surface area contributed by atoms with Crippen molar-refractivity contribution >= 4 is 5.91 Å². The smallest absolute Gasteiger partial charge is 0.223 e. The van der Waals surface area contributed by atoms with E-state index < -0.39 is 0 Å². The molecular formula is C18H31N3O. The molecule has 2 aliphatic rings. The zero-order valence-electron chi connectivity index (χ0n) is 14.2. The van der Waals surface area contributed by atoms with E-state index >= 15 is 0 Å². The Balaban J connectivity index is 1.63. The number of nitrogens with zero attached hydrogens (tertiary/aromatic N) is 2.